The summed E-state index contributed by atoms with van der Waals surface area (Å²) < 4.78 is 0. The second-order valence-corrected chi connectivity index (χ2v) is 5.12. The van der Waals surface area contributed by atoms with Gasteiger partial charge in [-0.3, -0.25) is 0 Å². The van der Waals surface area contributed by atoms with Crippen molar-refractivity contribution in [2.24, 2.45) is 0 Å². The van der Waals surface area contributed by atoms with Gasteiger partial charge in [0.2, 0.25) is 0 Å². The highest BCUT2D eigenvalue weighted by Crippen LogP contribution is 2.09. The lowest BCUT2D eigenvalue weighted by Gasteiger charge is -1.99. The molecular formula is C21H35ClN2. The van der Waals surface area contributed by atoms with Crippen LogP contribution in [0.4, 0.5) is 0 Å². The molecule has 0 radical (unpaired) electrons. The Labute approximate surface area is 154 Å². The van der Waals surface area contributed by atoms with Gasteiger partial charge in [-0.25, -0.2) is 0 Å². The van der Waals surface area contributed by atoms with Crippen molar-refractivity contribution in [2.45, 2.75) is 47.7 Å². The van der Waals surface area contributed by atoms with E-state index in [1.165, 1.54) is 16.7 Å². The van der Waals surface area contributed by atoms with Gasteiger partial charge in [0.25, 0.3) is 0 Å². The molecule has 0 fully saturated rings. The summed E-state index contributed by atoms with van der Waals surface area (Å²) >= 11 is 5.75. The molecule has 0 aliphatic heterocycles. The highest BCUT2D eigenvalue weighted by molar-refractivity contribution is 6.30. The molecule has 0 heterocycles. The molecule has 0 aromatic heterocycles. The lowest BCUT2D eigenvalue weighted by atomic mass is 10.1. The molecule has 2 aromatic carbocycles. The normalized spacial score (nSPS) is 8.67. The molecule has 2 nitrogen and oxygen atoms in total. The van der Waals surface area contributed by atoms with Gasteiger partial charge in [-0.2, -0.15) is 0 Å². The maximum Gasteiger partial charge on any atom is 0.0409 e. The second kappa shape index (κ2) is 18.0. The Balaban J connectivity index is 0. The third-order valence-electron chi connectivity index (χ3n) is 2.73. The minimum absolute atomic E-state index is 0.799. The maximum atomic E-state index is 5.75. The van der Waals surface area contributed by atoms with E-state index in [9.17, 15) is 0 Å². The summed E-state index contributed by atoms with van der Waals surface area (Å²) in [6.07, 6.45) is 0. The van der Waals surface area contributed by atoms with Crippen molar-refractivity contribution in [1.29, 1.82) is 0 Å². The number of nitrogens with one attached hydrogen (secondary N) is 2. The highest BCUT2D eigenvalue weighted by atomic mass is 35.5. The van der Waals surface area contributed by atoms with Gasteiger partial charge in [-0.1, -0.05) is 81.3 Å². The molecule has 2 N–H and O–H groups in total. The van der Waals surface area contributed by atoms with Crippen molar-refractivity contribution in [1.82, 2.24) is 10.6 Å². The fraction of sp³-hybridized carbons (Fsp3) is 0.429. The number of rotatable bonds is 4. The quantitative estimate of drug-likeness (QED) is 0.725. The molecule has 3 heteroatoms. The van der Waals surface area contributed by atoms with Crippen LogP contribution >= 0.6 is 11.6 Å². The molecule has 0 spiro atoms. The average Bonchev–Trinajstić information content (AvgIpc) is 2.60. The summed E-state index contributed by atoms with van der Waals surface area (Å²) in [5, 5.41) is 6.96. The molecule has 0 aliphatic carbocycles. The zero-order valence-corrected chi connectivity index (χ0v) is 17.2. The molecule has 0 aliphatic rings. The van der Waals surface area contributed by atoms with E-state index in [0.717, 1.165) is 18.1 Å². The number of benzene rings is 2. The SMILES string of the molecule is CC.CC.CNCc1cccc(C)c1.CNCc1cccc(Cl)c1. The van der Waals surface area contributed by atoms with Crippen LogP contribution in [0.1, 0.15) is 44.4 Å². The Morgan fingerprint density at radius 3 is 1.62 bits per heavy atom. The monoisotopic (exact) mass is 350 g/mol. The van der Waals surface area contributed by atoms with Gasteiger partial charge in [0.05, 0.1) is 0 Å². The van der Waals surface area contributed by atoms with E-state index < -0.39 is 0 Å². The first kappa shape index (κ1) is 24.9. The molecule has 0 saturated heterocycles. The molecule has 0 unspecified atom stereocenters. The molecule has 2 aromatic rings. The van der Waals surface area contributed by atoms with Gasteiger partial charge in [0, 0.05) is 18.1 Å². The summed E-state index contributed by atoms with van der Waals surface area (Å²) in [6.45, 7) is 11.9. The van der Waals surface area contributed by atoms with E-state index >= 15 is 0 Å². The molecule has 0 bridgehead atoms. The smallest absolute Gasteiger partial charge is 0.0409 e. The lowest BCUT2D eigenvalue weighted by Crippen LogP contribution is -2.04. The molecule has 24 heavy (non-hydrogen) atoms. The largest absolute Gasteiger partial charge is 0.316 e. The molecule has 0 amide bonds. The molecular weight excluding hydrogens is 316 g/mol. The van der Waals surface area contributed by atoms with Crippen LogP contribution < -0.4 is 10.6 Å². The molecule has 0 atom stereocenters. The summed E-state index contributed by atoms with van der Waals surface area (Å²) in [5.41, 5.74) is 3.89. The van der Waals surface area contributed by atoms with Crippen molar-refractivity contribution in [3.05, 3.63) is 70.2 Å². The van der Waals surface area contributed by atoms with E-state index in [2.05, 4.69) is 41.8 Å². The third-order valence-corrected chi connectivity index (χ3v) is 2.97. The van der Waals surface area contributed by atoms with Crippen molar-refractivity contribution < 1.29 is 0 Å². The minimum Gasteiger partial charge on any atom is -0.316 e. The van der Waals surface area contributed by atoms with Crippen LogP contribution in [0.15, 0.2) is 48.5 Å². The van der Waals surface area contributed by atoms with Gasteiger partial charge in [-0.05, 0) is 44.3 Å². The first-order chi connectivity index (χ1) is 11.7. The van der Waals surface area contributed by atoms with Gasteiger partial charge in [0.1, 0.15) is 0 Å². The standard InChI is InChI=1S/C9H13N.C8H10ClN.2C2H6/c1-8-4-3-5-9(6-8)7-10-2;1-10-6-7-3-2-4-8(9)5-7;2*1-2/h3-6,10H,7H2,1-2H3;2-5,10H,6H2,1H3;2*1-2H3. The highest BCUT2D eigenvalue weighted by Gasteiger charge is 1.90. The van der Waals surface area contributed by atoms with Crippen LogP contribution in [-0.4, -0.2) is 14.1 Å². The van der Waals surface area contributed by atoms with Crippen LogP contribution in [0, 0.1) is 6.92 Å². The summed E-state index contributed by atoms with van der Waals surface area (Å²) in [5.74, 6) is 0. The maximum absolute atomic E-state index is 5.75. The Kier molecular flexibility index (Phi) is 18.7. The Bertz CT molecular complexity index is 465. The zero-order chi connectivity index (χ0) is 18.8. The first-order valence-corrected chi connectivity index (χ1v) is 9.12. The summed E-state index contributed by atoms with van der Waals surface area (Å²) in [7, 11) is 3.88. The van der Waals surface area contributed by atoms with Crippen LogP contribution in [-0.2, 0) is 13.1 Å². The number of hydrogen-bond acceptors (Lipinski definition) is 2. The topological polar surface area (TPSA) is 24.1 Å². The predicted octanol–water partition coefficient (Wildman–Crippen LogP) is 5.83. The summed E-state index contributed by atoms with van der Waals surface area (Å²) in [4.78, 5) is 0. The fourth-order valence-electron chi connectivity index (χ4n) is 1.88. The Morgan fingerprint density at radius 2 is 1.21 bits per heavy atom. The molecule has 0 saturated carbocycles. The van der Waals surface area contributed by atoms with Crippen LogP contribution in [0.25, 0.3) is 0 Å². The summed E-state index contributed by atoms with van der Waals surface area (Å²) in [6, 6.07) is 16.3. The zero-order valence-electron chi connectivity index (χ0n) is 16.4. The van der Waals surface area contributed by atoms with Crippen molar-refractivity contribution in [2.75, 3.05) is 14.1 Å². The van der Waals surface area contributed by atoms with Crippen molar-refractivity contribution >= 4 is 11.6 Å². The van der Waals surface area contributed by atoms with Gasteiger partial charge in [-0.15, -0.1) is 0 Å². The van der Waals surface area contributed by atoms with Crippen molar-refractivity contribution in [3.63, 3.8) is 0 Å². The van der Waals surface area contributed by atoms with Gasteiger partial charge in [0.15, 0.2) is 0 Å². The second-order valence-electron chi connectivity index (χ2n) is 4.68. The van der Waals surface area contributed by atoms with E-state index in [1.54, 1.807) is 0 Å². The van der Waals surface area contributed by atoms with Crippen LogP contribution in [0.3, 0.4) is 0 Å². The number of hydrogen-bond donors (Lipinski definition) is 2. The molecule has 2 rings (SSSR count). The third kappa shape index (κ3) is 13.1. The number of aryl methyl sites for hydroxylation is 1. The van der Waals surface area contributed by atoms with Crippen LogP contribution in [0.5, 0.6) is 0 Å². The van der Waals surface area contributed by atoms with Crippen LogP contribution in [0.2, 0.25) is 5.02 Å². The van der Waals surface area contributed by atoms with E-state index in [4.69, 9.17) is 11.6 Å². The average molecular weight is 351 g/mol. The van der Waals surface area contributed by atoms with E-state index in [0.29, 0.717) is 0 Å². The van der Waals surface area contributed by atoms with Gasteiger partial charge >= 0.3 is 0 Å². The lowest BCUT2D eigenvalue weighted by molar-refractivity contribution is 0.817. The van der Waals surface area contributed by atoms with Gasteiger partial charge < -0.3 is 10.6 Å². The van der Waals surface area contributed by atoms with E-state index in [-0.39, 0.29) is 0 Å². The minimum atomic E-state index is 0.799. The fourth-order valence-corrected chi connectivity index (χ4v) is 2.09. The number of halogens is 1. The molecule has 136 valence electrons. The van der Waals surface area contributed by atoms with Crippen molar-refractivity contribution in [3.8, 4) is 0 Å². The predicted molar refractivity (Wildman–Crippen MR) is 111 cm³/mol. The first-order valence-electron chi connectivity index (χ1n) is 8.75. The Hall–Kier alpha value is -1.35. The Morgan fingerprint density at radius 1 is 0.750 bits per heavy atom. The van der Waals surface area contributed by atoms with E-state index in [1.807, 2.05) is 66.1 Å².